The quantitative estimate of drug-likeness (QED) is 0.186. The monoisotopic (exact) mass is 524 g/mol. The Kier molecular flexibility index (Phi) is 7.54. The average molecular weight is 525 g/mol. The number of oxime groups is 1. The van der Waals surface area contributed by atoms with Gasteiger partial charge in [0.15, 0.2) is 5.13 Å². The number of nitrogen functional groups attached to an aromatic ring is 1. The Hall–Kier alpha value is -3.20. The van der Waals surface area contributed by atoms with Crippen LogP contribution in [0.15, 0.2) is 16.9 Å². The Morgan fingerprint density at radius 2 is 2.06 bits per heavy atom. The number of hydrogen-bond donors (Lipinski definition) is 3. The summed E-state index contributed by atoms with van der Waals surface area (Å²) in [4.78, 5) is 59.7. The molecule has 2 fully saturated rings. The highest BCUT2D eigenvalue weighted by molar-refractivity contribution is 8.00. The number of fused-ring (bicyclic) bond motifs is 1. The van der Waals surface area contributed by atoms with E-state index < -0.39 is 41.3 Å². The normalized spacial score (nSPS) is 23.5. The predicted octanol–water partition coefficient (Wildman–Crippen LogP) is 0.474. The van der Waals surface area contributed by atoms with E-state index >= 15 is 0 Å². The van der Waals surface area contributed by atoms with E-state index in [1.54, 1.807) is 0 Å². The predicted molar refractivity (Wildman–Crippen MR) is 125 cm³/mol. The maximum atomic E-state index is 13.0. The van der Waals surface area contributed by atoms with Crippen LogP contribution >= 0.6 is 23.3 Å². The molecule has 1 aromatic heterocycles. The first kappa shape index (κ1) is 24.9. The Labute approximate surface area is 208 Å². The number of carboxylic acids is 1. The minimum absolute atomic E-state index is 0.0789. The molecule has 4 N–H and O–H groups in total. The number of carbonyl (C=O) groups is 4. The van der Waals surface area contributed by atoms with Gasteiger partial charge in [-0.3, -0.25) is 14.5 Å². The van der Waals surface area contributed by atoms with Crippen LogP contribution in [0.1, 0.15) is 44.9 Å². The zero-order valence-corrected chi connectivity index (χ0v) is 20.3. The molecule has 3 atom stereocenters. The molecule has 1 aliphatic carbocycles. The summed E-state index contributed by atoms with van der Waals surface area (Å²) in [5.74, 6) is -3.00. The molecule has 0 spiro atoms. The summed E-state index contributed by atoms with van der Waals surface area (Å²) in [6.45, 7) is 1.44. The smallest absolute Gasteiger partial charge is 0.352 e. The maximum absolute atomic E-state index is 13.0. The topological polar surface area (TPSA) is 186 Å². The van der Waals surface area contributed by atoms with Crippen LogP contribution in [-0.2, 0) is 28.8 Å². The van der Waals surface area contributed by atoms with Gasteiger partial charge in [0.1, 0.15) is 23.2 Å². The lowest BCUT2D eigenvalue weighted by Crippen LogP contribution is -2.70. The highest BCUT2D eigenvalue weighted by Crippen LogP contribution is 2.37. The Morgan fingerprint density at radius 3 is 2.71 bits per heavy atom. The summed E-state index contributed by atoms with van der Waals surface area (Å²) >= 11 is 2.14. The van der Waals surface area contributed by atoms with Gasteiger partial charge in [-0.2, -0.15) is 9.36 Å². The number of amides is 2. The van der Waals surface area contributed by atoms with Gasteiger partial charge in [-0.1, -0.05) is 11.6 Å². The highest BCUT2D eigenvalue weighted by atomic mass is 32.2. The van der Waals surface area contributed by atoms with Crippen LogP contribution in [0.5, 0.6) is 0 Å². The summed E-state index contributed by atoms with van der Waals surface area (Å²) in [6, 6.07) is -0.981. The van der Waals surface area contributed by atoms with Gasteiger partial charge in [0.25, 0.3) is 11.8 Å². The summed E-state index contributed by atoms with van der Waals surface area (Å²) < 4.78 is 9.43. The van der Waals surface area contributed by atoms with Gasteiger partial charge in [-0.15, -0.1) is 11.8 Å². The number of anilines is 1. The lowest BCUT2D eigenvalue weighted by Gasteiger charge is -2.48. The number of esters is 1. The lowest BCUT2D eigenvalue weighted by molar-refractivity contribution is -0.163. The number of thioether (sulfide) groups is 1. The van der Waals surface area contributed by atoms with Crippen LogP contribution in [-0.4, -0.2) is 78.2 Å². The molecular formula is C20H24N6O7S2. The summed E-state index contributed by atoms with van der Waals surface area (Å²) in [5.41, 5.74) is 5.13. The van der Waals surface area contributed by atoms with E-state index in [1.807, 2.05) is 0 Å². The first-order valence-corrected chi connectivity index (χ1v) is 12.8. The Balaban J connectivity index is 1.44. The van der Waals surface area contributed by atoms with Gasteiger partial charge in [-0.25, -0.2) is 9.59 Å². The first-order valence-electron chi connectivity index (χ1n) is 11.0. The second-order valence-corrected chi connectivity index (χ2v) is 10.1. The fourth-order valence-corrected chi connectivity index (χ4v) is 5.51. The SMILES string of the molecule is CC(O/N=C(/C(=O)NC1C(=O)N2C(C(=O)O)=CCS[C@H]12)c1nsc(N)n1)C(=O)OC1CCCCC1. The van der Waals surface area contributed by atoms with Crippen LogP contribution in [0.25, 0.3) is 0 Å². The number of aliphatic carboxylic acids is 1. The van der Waals surface area contributed by atoms with E-state index in [2.05, 4.69) is 19.8 Å². The molecule has 1 saturated carbocycles. The van der Waals surface area contributed by atoms with Crippen LogP contribution < -0.4 is 11.1 Å². The fraction of sp³-hybridized carbons (Fsp3) is 0.550. The molecule has 2 aliphatic heterocycles. The molecule has 35 heavy (non-hydrogen) atoms. The van der Waals surface area contributed by atoms with E-state index in [1.165, 1.54) is 24.8 Å². The molecule has 0 radical (unpaired) electrons. The van der Waals surface area contributed by atoms with Gasteiger partial charge in [0.2, 0.25) is 17.6 Å². The molecule has 188 valence electrons. The van der Waals surface area contributed by atoms with Gasteiger partial charge >= 0.3 is 11.9 Å². The Bertz CT molecular complexity index is 1080. The van der Waals surface area contributed by atoms with E-state index in [4.69, 9.17) is 15.3 Å². The molecule has 1 saturated heterocycles. The van der Waals surface area contributed by atoms with Gasteiger partial charge < -0.3 is 25.7 Å². The van der Waals surface area contributed by atoms with Crippen LogP contribution in [0.4, 0.5) is 5.13 Å². The molecule has 1 aromatic rings. The first-order chi connectivity index (χ1) is 16.8. The lowest BCUT2D eigenvalue weighted by atomic mass is 9.98. The standard InChI is InChI=1S/C20H24N6O7S2/c1-9(19(31)32-10-5-3-2-4-6-10)33-24-12(14-23-20(21)35-25-14)15(27)22-13-16(28)26-11(18(29)30)7-8-34-17(13)26/h7,9-10,13,17H,2-6,8H2,1H3,(H,22,27)(H,29,30)(H2,21,23,25)/b24-12+/t9?,13?,17-/m1/s1. The van der Waals surface area contributed by atoms with E-state index in [0.717, 1.165) is 48.5 Å². The van der Waals surface area contributed by atoms with Crippen LogP contribution in [0, 0.1) is 0 Å². The molecular weight excluding hydrogens is 500 g/mol. The zero-order valence-electron chi connectivity index (χ0n) is 18.7. The second kappa shape index (κ2) is 10.6. The minimum atomic E-state index is -1.22. The van der Waals surface area contributed by atoms with E-state index in [0.29, 0.717) is 5.75 Å². The highest BCUT2D eigenvalue weighted by Gasteiger charge is 2.53. The van der Waals surface area contributed by atoms with Crippen molar-refractivity contribution in [3.8, 4) is 0 Å². The molecule has 2 unspecified atom stereocenters. The minimum Gasteiger partial charge on any atom is -0.477 e. The van der Waals surface area contributed by atoms with Crippen molar-refractivity contribution in [3.05, 3.63) is 17.6 Å². The Morgan fingerprint density at radius 1 is 1.31 bits per heavy atom. The number of nitrogens with one attached hydrogen (secondary N) is 1. The van der Waals surface area contributed by atoms with Crippen molar-refractivity contribution in [1.82, 2.24) is 19.6 Å². The number of β-lactam (4-membered cyclic amide) rings is 1. The number of nitrogens with two attached hydrogens (primary N) is 1. The molecule has 13 nitrogen and oxygen atoms in total. The molecule has 3 aliphatic rings. The molecule has 3 heterocycles. The number of carboxylic acid groups (broad SMARTS) is 1. The van der Waals surface area contributed by atoms with Crippen molar-refractivity contribution in [3.63, 3.8) is 0 Å². The largest absolute Gasteiger partial charge is 0.477 e. The number of ether oxygens (including phenoxy) is 1. The third-order valence-corrected chi connectivity index (χ3v) is 7.42. The third kappa shape index (κ3) is 5.40. The van der Waals surface area contributed by atoms with Gasteiger partial charge in [-0.05, 0) is 38.7 Å². The van der Waals surface area contributed by atoms with Crippen LogP contribution in [0.2, 0.25) is 0 Å². The summed E-state index contributed by atoms with van der Waals surface area (Å²) in [5, 5.41) is 15.1. The molecule has 0 aromatic carbocycles. The number of aromatic nitrogens is 2. The molecule has 2 amide bonds. The van der Waals surface area contributed by atoms with E-state index in [9.17, 15) is 24.3 Å². The zero-order chi connectivity index (χ0) is 25.1. The fourth-order valence-electron chi connectivity index (χ4n) is 3.88. The summed E-state index contributed by atoms with van der Waals surface area (Å²) in [7, 11) is 0. The number of hydrogen-bond acceptors (Lipinski definition) is 12. The number of carbonyl (C=O) groups excluding carboxylic acids is 3. The second-order valence-electron chi connectivity index (χ2n) is 8.12. The summed E-state index contributed by atoms with van der Waals surface area (Å²) in [6.07, 6.45) is 4.86. The van der Waals surface area contributed by atoms with Gasteiger partial charge in [0.05, 0.1) is 0 Å². The van der Waals surface area contributed by atoms with Crippen molar-refractivity contribution in [1.29, 1.82) is 0 Å². The van der Waals surface area contributed by atoms with Crippen molar-refractivity contribution >= 4 is 57.9 Å². The number of rotatable bonds is 8. The van der Waals surface area contributed by atoms with Crippen molar-refractivity contribution in [2.45, 2.75) is 62.7 Å². The van der Waals surface area contributed by atoms with Gasteiger partial charge in [0, 0.05) is 17.3 Å². The van der Waals surface area contributed by atoms with Crippen molar-refractivity contribution < 1.29 is 33.9 Å². The average Bonchev–Trinajstić information content (AvgIpc) is 3.28. The maximum Gasteiger partial charge on any atom is 0.352 e. The van der Waals surface area contributed by atoms with Crippen LogP contribution in [0.3, 0.4) is 0 Å². The van der Waals surface area contributed by atoms with Crippen molar-refractivity contribution in [2.75, 3.05) is 11.5 Å². The van der Waals surface area contributed by atoms with E-state index in [-0.39, 0.29) is 28.5 Å². The third-order valence-electron chi connectivity index (χ3n) is 5.69. The molecule has 4 rings (SSSR count). The molecule has 15 heteroatoms. The molecule has 0 bridgehead atoms. The number of nitrogens with zero attached hydrogens (tertiary/aromatic N) is 4. The van der Waals surface area contributed by atoms with Crippen molar-refractivity contribution in [2.24, 2.45) is 5.16 Å².